The fourth-order valence-electron chi connectivity index (χ4n) is 1.32. The van der Waals surface area contributed by atoms with Gasteiger partial charge in [-0.3, -0.25) is 0 Å². The lowest BCUT2D eigenvalue weighted by atomic mass is 10.1. The summed E-state index contributed by atoms with van der Waals surface area (Å²) in [6.07, 6.45) is 0. The van der Waals surface area contributed by atoms with Gasteiger partial charge >= 0.3 is 11.9 Å². The van der Waals surface area contributed by atoms with Crippen molar-refractivity contribution in [3.63, 3.8) is 0 Å². The van der Waals surface area contributed by atoms with Crippen LogP contribution < -0.4 is 4.74 Å². The molecule has 0 spiro atoms. The van der Waals surface area contributed by atoms with Gasteiger partial charge in [-0.1, -0.05) is 5.92 Å². The number of methoxy groups -OCH3 is 2. The number of ether oxygens (including phenoxy) is 3. The highest BCUT2D eigenvalue weighted by Gasteiger charge is 2.09. The lowest BCUT2D eigenvalue weighted by Gasteiger charge is -2.05. The first-order valence-corrected chi connectivity index (χ1v) is 5.57. The van der Waals surface area contributed by atoms with Crippen LogP contribution in [0.1, 0.15) is 22.8 Å². The van der Waals surface area contributed by atoms with Gasteiger partial charge in [-0.2, -0.15) is 0 Å². The number of rotatable bonds is 3. The van der Waals surface area contributed by atoms with Crippen molar-refractivity contribution in [2.24, 2.45) is 0 Å². The smallest absolute Gasteiger partial charge is 0.384 e. The van der Waals surface area contributed by atoms with Crippen LogP contribution >= 0.6 is 0 Å². The maximum atomic E-state index is 11.4. The normalized spacial score (nSPS) is 9.00. The third-order valence-corrected chi connectivity index (χ3v) is 2.20. The number of benzene rings is 1. The molecule has 0 atom stereocenters. The molecule has 0 amide bonds. The Hall–Kier alpha value is -2.48. The van der Waals surface area contributed by atoms with E-state index in [1.807, 2.05) is 0 Å². The molecule has 0 aromatic heterocycles. The Balaban J connectivity index is 3.03. The summed E-state index contributed by atoms with van der Waals surface area (Å²) < 4.78 is 14.4. The molecule has 5 heteroatoms. The Morgan fingerprint density at radius 2 is 2.00 bits per heavy atom. The van der Waals surface area contributed by atoms with Crippen molar-refractivity contribution in [2.45, 2.75) is 6.92 Å². The lowest BCUT2D eigenvalue weighted by molar-refractivity contribution is -0.136. The number of carbonyl (C=O) groups is 2. The van der Waals surface area contributed by atoms with Crippen molar-refractivity contribution in [3.8, 4) is 17.6 Å². The third-order valence-electron chi connectivity index (χ3n) is 2.20. The molecule has 0 saturated heterocycles. The molecular formula is C14H14O5. The van der Waals surface area contributed by atoms with Crippen molar-refractivity contribution in [3.05, 3.63) is 29.3 Å². The summed E-state index contributed by atoms with van der Waals surface area (Å²) in [7, 11) is 2.75. The molecule has 0 fully saturated rings. The SMILES string of the molecule is CCOC(=O)C#Cc1ccc(C(=O)OC)cc1OC. The van der Waals surface area contributed by atoms with Crippen LogP contribution in [0.4, 0.5) is 0 Å². The molecule has 5 nitrogen and oxygen atoms in total. The monoisotopic (exact) mass is 262 g/mol. The summed E-state index contributed by atoms with van der Waals surface area (Å²) in [5, 5.41) is 0. The van der Waals surface area contributed by atoms with E-state index in [0.717, 1.165) is 0 Å². The molecule has 1 aromatic carbocycles. The highest BCUT2D eigenvalue weighted by Crippen LogP contribution is 2.19. The van der Waals surface area contributed by atoms with Crippen LogP contribution in [0.3, 0.4) is 0 Å². The van der Waals surface area contributed by atoms with Crippen molar-refractivity contribution in [1.82, 2.24) is 0 Å². The Morgan fingerprint density at radius 3 is 2.58 bits per heavy atom. The van der Waals surface area contributed by atoms with Gasteiger partial charge in [-0.25, -0.2) is 9.59 Å². The Labute approximate surface area is 111 Å². The van der Waals surface area contributed by atoms with E-state index in [2.05, 4.69) is 21.3 Å². The second-order valence-corrected chi connectivity index (χ2v) is 3.38. The molecule has 0 aliphatic carbocycles. The van der Waals surface area contributed by atoms with E-state index in [4.69, 9.17) is 4.74 Å². The number of esters is 2. The first-order chi connectivity index (χ1) is 9.12. The van der Waals surface area contributed by atoms with Gasteiger partial charge in [0.05, 0.1) is 32.0 Å². The highest BCUT2D eigenvalue weighted by atomic mass is 16.5. The summed E-state index contributed by atoms with van der Waals surface area (Å²) >= 11 is 0. The Bertz CT molecular complexity index is 537. The first-order valence-electron chi connectivity index (χ1n) is 5.57. The van der Waals surface area contributed by atoms with Gasteiger partial charge in [0.2, 0.25) is 0 Å². The van der Waals surface area contributed by atoms with Crippen LogP contribution in [0.25, 0.3) is 0 Å². The first kappa shape index (κ1) is 14.6. The van der Waals surface area contributed by atoms with Crippen molar-refractivity contribution in [1.29, 1.82) is 0 Å². The van der Waals surface area contributed by atoms with Crippen molar-refractivity contribution < 1.29 is 23.8 Å². The molecule has 0 radical (unpaired) electrons. The van der Waals surface area contributed by atoms with Crippen LogP contribution in [0.15, 0.2) is 18.2 Å². The van der Waals surface area contributed by atoms with Crippen molar-refractivity contribution in [2.75, 3.05) is 20.8 Å². The summed E-state index contributed by atoms with van der Waals surface area (Å²) in [5.74, 6) is 4.27. The van der Waals surface area contributed by atoms with Crippen LogP contribution in [-0.4, -0.2) is 32.8 Å². The van der Waals surface area contributed by atoms with E-state index in [1.54, 1.807) is 19.1 Å². The molecule has 0 saturated carbocycles. The molecule has 0 unspecified atom stereocenters. The molecular weight excluding hydrogens is 248 g/mol. The summed E-state index contributed by atoms with van der Waals surface area (Å²) in [6, 6.07) is 4.63. The predicted molar refractivity (Wildman–Crippen MR) is 67.8 cm³/mol. The van der Waals surface area contributed by atoms with E-state index < -0.39 is 11.9 Å². The summed E-state index contributed by atoms with van der Waals surface area (Å²) in [5.41, 5.74) is 0.837. The zero-order chi connectivity index (χ0) is 14.3. The zero-order valence-electron chi connectivity index (χ0n) is 11.0. The van der Waals surface area contributed by atoms with Gasteiger partial charge in [-0.05, 0) is 25.1 Å². The van der Waals surface area contributed by atoms with Crippen LogP contribution in [-0.2, 0) is 14.3 Å². The van der Waals surface area contributed by atoms with Gasteiger partial charge in [0.15, 0.2) is 0 Å². The maximum Gasteiger partial charge on any atom is 0.384 e. The van der Waals surface area contributed by atoms with E-state index >= 15 is 0 Å². The minimum absolute atomic E-state index is 0.270. The average molecular weight is 262 g/mol. The zero-order valence-corrected chi connectivity index (χ0v) is 11.0. The number of hydrogen-bond acceptors (Lipinski definition) is 5. The molecule has 0 bridgehead atoms. The number of carbonyl (C=O) groups excluding carboxylic acids is 2. The predicted octanol–water partition coefficient (Wildman–Crippen LogP) is 1.40. The van der Waals surface area contributed by atoms with Crippen molar-refractivity contribution >= 4 is 11.9 Å². The van der Waals surface area contributed by atoms with Gasteiger partial charge < -0.3 is 14.2 Å². The van der Waals surface area contributed by atoms with E-state index in [-0.39, 0.29) is 6.61 Å². The summed E-state index contributed by atoms with van der Waals surface area (Å²) in [4.78, 5) is 22.5. The van der Waals surface area contributed by atoms with Gasteiger partial charge in [0.25, 0.3) is 0 Å². The minimum Gasteiger partial charge on any atom is -0.495 e. The lowest BCUT2D eigenvalue weighted by Crippen LogP contribution is -2.02. The number of hydrogen-bond donors (Lipinski definition) is 0. The van der Waals surface area contributed by atoms with E-state index in [0.29, 0.717) is 16.9 Å². The van der Waals surface area contributed by atoms with E-state index in [9.17, 15) is 9.59 Å². The topological polar surface area (TPSA) is 61.8 Å². The molecule has 1 rings (SSSR count). The molecule has 1 aromatic rings. The van der Waals surface area contributed by atoms with Gasteiger partial charge in [0, 0.05) is 5.92 Å². The largest absolute Gasteiger partial charge is 0.495 e. The van der Waals surface area contributed by atoms with Crippen LogP contribution in [0, 0.1) is 11.8 Å². The fourth-order valence-corrected chi connectivity index (χ4v) is 1.32. The standard InChI is InChI=1S/C14H14O5/c1-4-19-13(15)8-7-10-5-6-11(14(16)18-3)9-12(10)17-2/h5-6,9H,4H2,1-3H3. The highest BCUT2D eigenvalue weighted by molar-refractivity contribution is 5.91. The Morgan fingerprint density at radius 1 is 1.26 bits per heavy atom. The second-order valence-electron chi connectivity index (χ2n) is 3.38. The fraction of sp³-hybridized carbons (Fsp3) is 0.286. The van der Waals surface area contributed by atoms with Gasteiger partial charge in [-0.15, -0.1) is 0 Å². The molecule has 0 aliphatic rings. The minimum atomic E-state index is -0.610. The molecule has 19 heavy (non-hydrogen) atoms. The van der Waals surface area contributed by atoms with Crippen LogP contribution in [0.5, 0.6) is 5.75 Å². The Kier molecular flexibility index (Phi) is 5.42. The second kappa shape index (κ2) is 7.07. The maximum absolute atomic E-state index is 11.4. The average Bonchev–Trinajstić information content (AvgIpc) is 2.44. The molecule has 0 N–H and O–H groups in total. The molecule has 100 valence electrons. The molecule has 0 heterocycles. The van der Waals surface area contributed by atoms with Gasteiger partial charge in [0.1, 0.15) is 5.75 Å². The quantitative estimate of drug-likeness (QED) is 0.608. The third kappa shape index (κ3) is 4.03. The van der Waals surface area contributed by atoms with E-state index in [1.165, 1.54) is 20.3 Å². The van der Waals surface area contributed by atoms with Crippen LogP contribution in [0.2, 0.25) is 0 Å². The summed E-state index contributed by atoms with van der Waals surface area (Å²) in [6.45, 7) is 1.97. The molecule has 0 aliphatic heterocycles.